The van der Waals surface area contributed by atoms with Gasteiger partial charge in [0, 0.05) is 43.7 Å². The van der Waals surface area contributed by atoms with Gasteiger partial charge >= 0.3 is 0 Å². The van der Waals surface area contributed by atoms with Crippen LogP contribution in [-0.2, 0) is 6.42 Å². The molecular formula is C21H33IN6O. The minimum absolute atomic E-state index is 0. The molecule has 3 rings (SSSR count). The molecule has 0 bridgehead atoms. The first-order valence-corrected chi connectivity index (χ1v) is 10.2. The van der Waals surface area contributed by atoms with Crippen LogP contribution in [0.25, 0.3) is 0 Å². The van der Waals surface area contributed by atoms with Crippen molar-refractivity contribution in [2.45, 2.75) is 52.5 Å². The van der Waals surface area contributed by atoms with Crippen molar-refractivity contribution in [3.8, 4) is 0 Å². The van der Waals surface area contributed by atoms with Gasteiger partial charge in [0.2, 0.25) is 5.89 Å². The molecule has 29 heavy (non-hydrogen) atoms. The average Bonchev–Trinajstić information content (AvgIpc) is 3.32. The van der Waals surface area contributed by atoms with Gasteiger partial charge in [0.1, 0.15) is 0 Å². The Kier molecular flexibility index (Phi) is 9.19. The van der Waals surface area contributed by atoms with Crippen LogP contribution in [0.5, 0.6) is 0 Å². The summed E-state index contributed by atoms with van der Waals surface area (Å²) in [4.78, 5) is 11.5. The predicted octanol–water partition coefficient (Wildman–Crippen LogP) is 3.50. The Morgan fingerprint density at radius 1 is 1.31 bits per heavy atom. The van der Waals surface area contributed by atoms with Gasteiger partial charge in [0.15, 0.2) is 11.8 Å². The fourth-order valence-electron chi connectivity index (χ4n) is 3.25. The smallest absolute Gasteiger partial charge is 0.228 e. The van der Waals surface area contributed by atoms with Gasteiger partial charge in [-0.05, 0) is 32.4 Å². The Bertz CT molecular complexity index is 774. The van der Waals surface area contributed by atoms with Crippen molar-refractivity contribution in [1.29, 1.82) is 0 Å². The third kappa shape index (κ3) is 6.87. The zero-order valence-corrected chi connectivity index (χ0v) is 20.1. The molecule has 1 saturated heterocycles. The summed E-state index contributed by atoms with van der Waals surface area (Å²) < 4.78 is 5.29. The first kappa shape index (κ1) is 23.4. The summed E-state index contributed by atoms with van der Waals surface area (Å²) >= 11 is 0. The van der Waals surface area contributed by atoms with Crippen LogP contribution in [-0.4, -0.2) is 48.3 Å². The maximum atomic E-state index is 5.29. The van der Waals surface area contributed by atoms with E-state index in [1.165, 1.54) is 11.3 Å². The number of anilines is 1. The van der Waals surface area contributed by atoms with Gasteiger partial charge in [-0.3, -0.25) is 4.99 Å². The molecule has 1 aromatic carbocycles. The highest BCUT2D eigenvalue weighted by atomic mass is 127. The van der Waals surface area contributed by atoms with E-state index < -0.39 is 0 Å². The van der Waals surface area contributed by atoms with E-state index >= 15 is 0 Å². The number of guanidine groups is 1. The lowest BCUT2D eigenvalue weighted by atomic mass is 10.2. The largest absolute Gasteiger partial charge is 0.369 e. The van der Waals surface area contributed by atoms with Crippen LogP contribution in [0.4, 0.5) is 5.69 Å². The number of rotatable bonds is 7. The number of hydrogen-bond donors (Lipinski definition) is 2. The lowest BCUT2D eigenvalue weighted by Crippen LogP contribution is -2.44. The molecule has 0 spiro atoms. The second-order valence-electron chi connectivity index (χ2n) is 7.62. The molecule has 2 aromatic rings. The topological polar surface area (TPSA) is 78.6 Å². The Labute approximate surface area is 190 Å². The zero-order valence-electron chi connectivity index (χ0n) is 17.8. The molecule has 0 saturated carbocycles. The van der Waals surface area contributed by atoms with E-state index in [1.807, 2.05) is 0 Å². The molecule has 160 valence electrons. The SMILES string of the molecule is CCNC(=NCCc1nc(C(C)C)no1)NC1CCN(c2ccc(C)cc2)C1.I. The van der Waals surface area contributed by atoms with E-state index in [0.717, 1.165) is 37.8 Å². The highest BCUT2D eigenvalue weighted by Gasteiger charge is 2.23. The van der Waals surface area contributed by atoms with Crippen molar-refractivity contribution < 1.29 is 4.52 Å². The Balaban J connectivity index is 0.00000300. The molecule has 0 radical (unpaired) electrons. The summed E-state index contributed by atoms with van der Waals surface area (Å²) in [5, 5.41) is 10.9. The molecule has 0 aliphatic carbocycles. The Morgan fingerprint density at radius 3 is 2.72 bits per heavy atom. The second-order valence-corrected chi connectivity index (χ2v) is 7.62. The Hall–Kier alpha value is -1.84. The first-order chi connectivity index (χ1) is 13.5. The Morgan fingerprint density at radius 2 is 2.07 bits per heavy atom. The van der Waals surface area contributed by atoms with Crippen molar-refractivity contribution in [3.05, 3.63) is 41.5 Å². The van der Waals surface area contributed by atoms with Crippen LogP contribution in [0.15, 0.2) is 33.8 Å². The van der Waals surface area contributed by atoms with E-state index in [0.29, 0.717) is 24.9 Å². The number of benzene rings is 1. The standard InChI is InChI=1S/C21H32N6O.HI/c1-5-22-21(23-12-10-19-25-20(15(2)3)26-28-19)24-17-11-13-27(14-17)18-8-6-16(4)7-9-18;/h6-9,15,17H,5,10-14H2,1-4H3,(H2,22,23,24);1H. The van der Waals surface area contributed by atoms with E-state index in [4.69, 9.17) is 4.52 Å². The summed E-state index contributed by atoms with van der Waals surface area (Å²) in [7, 11) is 0. The van der Waals surface area contributed by atoms with Gasteiger partial charge in [0.25, 0.3) is 0 Å². The van der Waals surface area contributed by atoms with Crippen LogP contribution >= 0.6 is 24.0 Å². The molecule has 2 N–H and O–H groups in total. The highest BCUT2D eigenvalue weighted by Crippen LogP contribution is 2.20. The molecule has 7 nitrogen and oxygen atoms in total. The monoisotopic (exact) mass is 512 g/mol. The van der Waals surface area contributed by atoms with Gasteiger partial charge in [-0.15, -0.1) is 24.0 Å². The molecule has 1 fully saturated rings. The summed E-state index contributed by atoms with van der Waals surface area (Å²) in [6.07, 6.45) is 1.75. The second kappa shape index (κ2) is 11.4. The molecule has 1 aliphatic heterocycles. The number of aliphatic imine (C=N–C) groups is 1. The van der Waals surface area contributed by atoms with E-state index in [-0.39, 0.29) is 29.9 Å². The number of aromatic nitrogens is 2. The van der Waals surface area contributed by atoms with E-state index in [2.05, 4.69) is 82.6 Å². The van der Waals surface area contributed by atoms with Gasteiger partial charge < -0.3 is 20.1 Å². The number of nitrogens with zero attached hydrogens (tertiary/aromatic N) is 4. The van der Waals surface area contributed by atoms with Crippen LogP contribution in [0.1, 0.15) is 50.4 Å². The van der Waals surface area contributed by atoms with Gasteiger partial charge in [-0.1, -0.05) is 36.7 Å². The fourth-order valence-corrected chi connectivity index (χ4v) is 3.25. The number of halogens is 1. The lowest BCUT2D eigenvalue weighted by Gasteiger charge is -2.20. The fraction of sp³-hybridized carbons (Fsp3) is 0.571. The normalized spacial score (nSPS) is 16.8. The van der Waals surface area contributed by atoms with Crippen molar-refractivity contribution >= 4 is 35.6 Å². The third-order valence-electron chi connectivity index (χ3n) is 4.87. The number of hydrogen-bond acceptors (Lipinski definition) is 5. The van der Waals surface area contributed by atoms with Gasteiger partial charge in [-0.25, -0.2) is 0 Å². The minimum atomic E-state index is 0. The summed E-state index contributed by atoms with van der Waals surface area (Å²) in [5.74, 6) is 2.53. The van der Waals surface area contributed by atoms with Crippen molar-refractivity contribution in [1.82, 2.24) is 20.8 Å². The van der Waals surface area contributed by atoms with Gasteiger partial charge in [-0.2, -0.15) is 4.98 Å². The minimum Gasteiger partial charge on any atom is -0.369 e. The molecule has 1 atom stereocenters. The highest BCUT2D eigenvalue weighted by molar-refractivity contribution is 14.0. The molecule has 2 heterocycles. The van der Waals surface area contributed by atoms with E-state index in [1.54, 1.807) is 0 Å². The van der Waals surface area contributed by atoms with Crippen LogP contribution < -0.4 is 15.5 Å². The lowest BCUT2D eigenvalue weighted by molar-refractivity contribution is 0.372. The van der Waals surface area contributed by atoms with Gasteiger partial charge in [0.05, 0.1) is 6.54 Å². The number of aryl methyl sites for hydroxylation is 1. The number of nitrogens with one attached hydrogen (secondary N) is 2. The molecule has 0 amide bonds. The zero-order chi connectivity index (χ0) is 19.9. The molecule has 1 aromatic heterocycles. The average molecular weight is 512 g/mol. The quantitative estimate of drug-likeness (QED) is 0.336. The molecule has 8 heteroatoms. The molecule has 1 aliphatic rings. The van der Waals surface area contributed by atoms with Crippen molar-refractivity contribution in [3.63, 3.8) is 0 Å². The summed E-state index contributed by atoms with van der Waals surface area (Å²) in [6, 6.07) is 9.13. The van der Waals surface area contributed by atoms with Crippen molar-refractivity contribution in [2.75, 3.05) is 31.1 Å². The molecular weight excluding hydrogens is 479 g/mol. The predicted molar refractivity (Wildman–Crippen MR) is 128 cm³/mol. The van der Waals surface area contributed by atoms with Crippen LogP contribution in [0.2, 0.25) is 0 Å². The van der Waals surface area contributed by atoms with Crippen LogP contribution in [0.3, 0.4) is 0 Å². The van der Waals surface area contributed by atoms with Crippen LogP contribution in [0, 0.1) is 6.92 Å². The molecule has 1 unspecified atom stereocenters. The summed E-state index contributed by atoms with van der Waals surface area (Å²) in [5.41, 5.74) is 2.58. The third-order valence-corrected chi connectivity index (χ3v) is 4.87. The maximum Gasteiger partial charge on any atom is 0.228 e. The first-order valence-electron chi connectivity index (χ1n) is 10.2. The van der Waals surface area contributed by atoms with Crippen molar-refractivity contribution in [2.24, 2.45) is 4.99 Å². The van der Waals surface area contributed by atoms with E-state index in [9.17, 15) is 0 Å². The maximum absolute atomic E-state index is 5.29. The summed E-state index contributed by atoms with van der Waals surface area (Å²) in [6.45, 7) is 11.8.